The number of carboxylic acids is 1. The number of H-pyrrole nitrogens is 1. The number of hydrogen-bond donors (Lipinski definition) is 2. The first kappa shape index (κ1) is 13.3. The molecule has 1 aliphatic rings. The maximum Gasteiger partial charge on any atom is 0.326 e. The molecular weight excluding hydrogens is 248 g/mol. The minimum absolute atomic E-state index is 0.00838. The van der Waals surface area contributed by atoms with Crippen LogP contribution in [0.3, 0.4) is 0 Å². The van der Waals surface area contributed by atoms with E-state index in [2.05, 4.69) is 4.98 Å². The van der Waals surface area contributed by atoms with Crippen LogP contribution in [0.25, 0.3) is 0 Å². The highest BCUT2D eigenvalue weighted by Gasteiger charge is 2.40. The molecule has 0 spiro atoms. The van der Waals surface area contributed by atoms with Gasteiger partial charge in [-0.3, -0.25) is 9.59 Å². The van der Waals surface area contributed by atoms with Gasteiger partial charge in [0.1, 0.15) is 11.6 Å². The Morgan fingerprint density at radius 2 is 2.11 bits per heavy atom. The predicted octanol–water partition coefficient (Wildman–Crippen LogP) is 0.619. The lowest BCUT2D eigenvalue weighted by molar-refractivity contribution is -0.142. The van der Waals surface area contributed by atoms with Crippen LogP contribution >= 0.6 is 0 Å². The minimum atomic E-state index is -1.03. The largest absolute Gasteiger partial charge is 0.480 e. The van der Waals surface area contributed by atoms with E-state index in [-0.39, 0.29) is 11.5 Å². The second-order valence-corrected chi connectivity index (χ2v) is 4.93. The van der Waals surface area contributed by atoms with Crippen molar-refractivity contribution in [2.24, 2.45) is 5.92 Å². The van der Waals surface area contributed by atoms with E-state index in [1.807, 2.05) is 0 Å². The number of carbonyl (C=O) groups excluding carboxylic acids is 1. The number of nitrogens with one attached hydrogen (secondary N) is 1. The summed E-state index contributed by atoms with van der Waals surface area (Å²) in [5, 5.41) is 9.18. The molecule has 1 aromatic heterocycles. The Morgan fingerprint density at radius 1 is 1.42 bits per heavy atom. The molecule has 1 aromatic rings. The van der Waals surface area contributed by atoms with Gasteiger partial charge in [0, 0.05) is 12.2 Å². The number of hydrogen-bond acceptors (Lipinski definition) is 3. The third-order valence-corrected chi connectivity index (χ3v) is 3.50. The molecule has 0 bridgehead atoms. The monoisotopic (exact) mass is 264 g/mol. The van der Waals surface area contributed by atoms with Crippen LogP contribution in [-0.4, -0.2) is 39.5 Å². The fourth-order valence-corrected chi connectivity index (χ4v) is 2.45. The second-order valence-electron chi connectivity index (χ2n) is 4.93. The van der Waals surface area contributed by atoms with Crippen molar-refractivity contribution in [3.63, 3.8) is 0 Å². The van der Waals surface area contributed by atoms with Crippen molar-refractivity contribution in [3.05, 3.63) is 33.7 Å². The van der Waals surface area contributed by atoms with E-state index in [9.17, 15) is 19.5 Å². The van der Waals surface area contributed by atoms with Crippen molar-refractivity contribution in [2.45, 2.75) is 26.3 Å². The van der Waals surface area contributed by atoms with Gasteiger partial charge >= 0.3 is 5.97 Å². The zero-order valence-electron chi connectivity index (χ0n) is 10.8. The standard InChI is InChI=1S/C13H16N2O4/c1-7-5-6-15(10(7)13(18)19)12(17)9-4-3-8(2)14-11(9)16/h3-4,7,10H,5-6H2,1-2H3,(H,14,16)(H,18,19). The van der Waals surface area contributed by atoms with Gasteiger partial charge in [-0.25, -0.2) is 4.79 Å². The smallest absolute Gasteiger partial charge is 0.326 e. The molecule has 1 saturated heterocycles. The summed E-state index contributed by atoms with van der Waals surface area (Å²) in [5.41, 5.74) is 0.172. The fourth-order valence-electron chi connectivity index (χ4n) is 2.45. The van der Waals surface area contributed by atoms with Gasteiger partial charge in [0.15, 0.2) is 0 Å². The van der Waals surface area contributed by atoms with E-state index in [0.29, 0.717) is 18.7 Å². The fraction of sp³-hybridized carbons (Fsp3) is 0.462. The molecule has 0 aromatic carbocycles. The molecule has 1 fully saturated rings. The van der Waals surface area contributed by atoms with Gasteiger partial charge in [-0.1, -0.05) is 6.92 Å². The number of aromatic amines is 1. The molecule has 2 atom stereocenters. The number of aromatic nitrogens is 1. The normalized spacial score (nSPS) is 22.5. The zero-order chi connectivity index (χ0) is 14.2. The van der Waals surface area contributed by atoms with Crippen LogP contribution in [0.15, 0.2) is 16.9 Å². The summed E-state index contributed by atoms with van der Waals surface area (Å²) in [5.74, 6) is -1.65. The highest BCUT2D eigenvalue weighted by atomic mass is 16.4. The van der Waals surface area contributed by atoms with E-state index < -0.39 is 23.5 Å². The molecule has 2 N–H and O–H groups in total. The quantitative estimate of drug-likeness (QED) is 0.819. The minimum Gasteiger partial charge on any atom is -0.480 e. The molecular formula is C13H16N2O4. The Morgan fingerprint density at radius 3 is 2.68 bits per heavy atom. The Labute approximate surface area is 110 Å². The van der Waals surface area contributed by atoms with Gasteiger partial charge in [-0.2, -0.15) is 0 Å². The lowest BCUT2D eigenvalue weighted by atomic mass is 10.0. The SMILES string of the molecule is Cc1ccc(C(=O)N2CCC(C)C2C(=O)O)c(=O)[nH]1. The van der Waals surface area contributed by atoms with Crippen LogP contribution in [0.5, 0.6) is 0 Å². The van der Waals surface area contributed by atoms with Crippen molar-refractivity contribution < 1.29 is 14.7 Å². The number of nitrogens with zero attached hydrogens (tertiary/aromatic N) is 1. The molecule has 2 heterocycles. The summed E-state index contributed by atoms with van der Waals surface area (Å²) < 4.78 is 0. The average molecular weight is 264 g/mol. The van der Waals surface area contributed by atoms with Crippen molar-refractivity contribution in [1.82, 2.24) is 9.88 Å². The summed E-state index contributed by atoms with van der Waals surface area (Å²) in [4.78, 5) is 39.1. The van der Waals surface area contributed by atoms with E-state index in [0.717, 1.165) is 0 Å². The number of rotatable bonds is 2. The Bertz CT molecular complexity index is 578. The molecule has 2 unspecified atom stereocenters. The van der Waals surface area contributed by atoms with Gasteiger partial charge in [-0.05, 0) is 31.4 Å². The highest BCUT2D eigenvalue weighted by Crippen LogP contribution is 2.25. The van der Waals surface area contributed by atoms with Gasteiger partial charge < -0.3 is 15.0 Å². The first-order valence-electron chi connectivity index (χ1n) is 6.15. The molecule has 2 rings (SSSR count). The first-order chi connectivity index (χ1) is 8.91. The highest BCUT2D eigenvalue weighted by molar-refractivity contribution is 5.96. The number of pyridine rings is 1. The molecule has 6 heteroatoms. The van der Waals surface area contributed by atoms with Gasteiger partial charge in [0.2, 0.25) is 0 Å². The molecule has 0 aliphatic carbocycles. The molecule has 1 aliphatic heterocycles. The molecule has 1 amide bonds. The number of aliphatic carboxylic acids is 1. The summed E-state index contributed by atoms with van der Waals surface area (Å²) >= 11 is 0. The molecule has 102 valence electrons. The topological polar surface area (TPSA) is 90.5 Å². The number of carboxylic acid groups (broad SMARTS) is 1. The van der Waals surface area contributed by atoms with E-state index in [1.54, 1.807) is 19.9 Å². The van der Waals surface area contributed by atoms with Crippen LogP contribution in [0.4, 0.5) is 0 Å². The number of likely N-dealkylation sites (tertiary alicyclic amines) is 1. The Balaban J connectivity index is 2.34. The predicted molar refractivity (Wildman–Crippen MR) is 68.0 cm³/mol. The third-order valence-electron chi connectivity index (χ3n) is 3.50. The zero-order valence-corrected chi connectivity index (χ0v) is 10.8. The molecule has 19 heavy (non-hydrogen) atoms. The van der Waals surface area contributed by atoms with Crippen LogP contribution in [0.1, 0.15) is 29.4 Å². The maximum absolute atomic E-state index is 12.3. The average Bonchev–Trinajstić information content (AvgIpc) is 2.70. The van der Waals surface area contributed by atoms with Crippen molar-refractivity contribution in [1.29, 1.82) is 0 Å². The maximum atomic E-state index is 12.3. The van der Waals surface area contributed by atoms with Crippen molar-refractivity contribution in [2.75, 3.05) is 6.54 Å². The Kier molecular flexibility index (Phi) is 3.42. The van der Waals surface area contributed by atoms with Crippen LogP contribution < -0.4 is 5.56 Å². The summed E-state index contributed by atoms with van der Waals surface area (Å²) in [6.07, 6.45) is 0.631. The van der Waals surface area contributed by atoms with Gasteiger partial charge in [-0.15, -0.1) is 0 Å². The van der Waals surface area contributed by atoms with Gasteiger partial charge in [0.05, 0.1) is 0 Å². The summed E-state index contributed by atoms with van der Waals surface area (Å²) in [7, 11) is 0. The number of carbonyl (C=O) groups is 2. The lowest BCUT2D eigenvalue weighted by Gasteiger charge is -2.23. The van der Waals surface area contributed by atoms with Crippen LogP contribution in [0, 0.1) is 12.8 Å². The number of aryl methyl sites for hydroxylation is 1. The van der Waals surface area contributed by atoms with E-state index in [1.165, 1.54) is 11.0 Å². The van der Waals surface area contributed by atoms with E-state index >= 15 is 0 Å². The van der Waals surface area contributed by atoms with Crippen molar-refractivity contribution >= 4 is 11.9 Å². The summed E-state index contributed by atoms with van der Waals surface area (Å²) in [6, 6.07) is 2.22. The van der Waals surface area contributed by atoms with Crippen molar-refractivity contribution in [3.8, 4) is 0 Å². The van der Waals surface area contributed by atoms with E-state index in [4.69, 9.17) is 0 Å². The Hall–Kier alpha value is -2.11. The van der Waals surface area contributed by atoms with Gasteiger partial charge in [0.25, 0.3) is 11.5 Å². The lowest BCUT2D eigenvalue weighted by Crippen LogP contribution is -2.44. The van der Waals surface area contributed by atoms with Crippen LogP contribution in [0.2, 0.25) is 0 Å². The third kappa shape index (κ3) is 2.38. The van der Waals surface area contributed by atoms with Crippen LogP contribution in [-0.2, 0) is 4.79 Å². The first-order valence-corrected chi connectivity index (χ1v) is 6.15. The molecule has 0 saturated carbocycles. The molecule has 0 radical (unpaired) electrons. The summed E-state index contributed by atoms with van der Waals surface area (Å²) in [6.45, 7) is 3.88. The number of amides is 1. The molecule has 6 nitrogen and oxygen atoms in total. The second kappa shape index (κ2) is 4.87.